The second kappa shape index (κ2) is 9.64. The third kappa shape index (κ3) is 6.53. The first-order valence-electron chi connectivity index (χ1n) is 7.90. The molecule has 1 N–H and O–H groups in total. The minimum Gasteiger partial charge on any atom is -0.482 e. The van der Waals surface area contributed by atoms with E-state index in [1.54, 1.807) is 6.92 Å². The van der Waals surface area contributed by atoms with E-state index < -0.39 is 0 Å². The molecular weight excluding hydrogens is 290 g/mol. The van der Waals surface area contributed by atoms with Gasteiger partial charge in [0.2, 0.25) is 0 Å². The Morgan fingerprint density at radius 3 is 2.43 bits per heavy atom. The number of hydrogen-bond donors (Lipinski definition) is 1. The first-order chi connectivity index (χ1) is 11.3. The molecule has 0 spiro atoms. The van der Waals surface area contributed by atoms with Crippen molar-refractivity contribution in [3.05, 3.63) is 65.7 Å². The second-order valence-corrected chi connectivity index (χ2v) is 5.15. The monoisotopic (exact) mass is 313 g/mol. The highest BCUT2D eigenvalue weighted by atomic mass is 16.6. The summed E-state index contributed by atoms with van der Waals surface area (Å²) in [4.78, 5) is 11.2. The van der Waals surface area contributed by atoms with Crippen LogP contribution in [0.2, 0.25) is 0 Å². The molecule has 2 aromatic carbocycles. The van der Waals surface area contributed by atoms with Crippen molar-refractivity contribution in [1.82, 2.24) is 5.32 Å². The van der Waals surface area contributed by atoms with E-state index in [9.17, 15) is 4.79 Å². The van der Waals surface area contributed by atoms with Gasteiger partial charge in [-0.25, -0.2) is 4.79 Å². The zero-order chi connectivity index (χ0) is 16.3. The van der Waals surface area contributed by atoms with Gasteiger partial charge in [-0.05, 0) is 43.1 Å². The molecule has 0 saturated heterocycles. The van der Waals surface area contributed by atoms with E-state index in [4.69, 9.17) is 9.47 Å². The van der Waals surface area contributed by atoms with Crippen LogP contribution in [0.3, 0.4) is 0 Å². The fourth-order valence-corrected chi connectivity index (χ4v) is 2.16. The summed E-state index contributed by atoms with van der Waals surface area (Å²) < 4.78 is 10.2. The van der Waals surface area contributed by atoms with E-state index in [-0.39, 0.29) is 12.6 Å². The molecule has 0 aliphatic heterocycles. The van der Waals surface area contributed by atoms with Crippen LogP contribution in [0.15, 0.2) is 54.6 Å². The van der Waals surface area contributed by atoms with Crippen molar-refractivity contribution in [3.63, 3.8) is 0 Å². The van der Waals surface area contributed by atoms with Crippen LogP contribution in [-0.2, 0) is 22.5 Å². The van der Waals surface area contributed by atoms with E-state index in [2.05, 4.69) is 17.4 Å². The van der Waals surface area contributed by atoms with Crippen molar-refractivity contribution in [2.75, 3.05) is 19.8 Å². The molecule has 4 nitrogen and oxygen atoms in total. The Bertz CT molecular complexity index is 581. The molecule has 0 amide bonds. The second-order valence-electron chi connectivity index (χ2n) is 5.15. The zero-order valence-corrected chi connectivity index (χ0v) is 13.5. The zero-order valence-electron chi connectivity index (χ0n) is 13.5. The van der Waals surface area contributed by atoms with Crippen LogP contribution in [0, 0.1) is 0 Å². The summed E-state index contributed by atoms with van der Waals surface area (Å²) in [6, 6.07) is 18.1. The van der Waals surface area contributed by atoms with E-state index in [1.807, 2.05) is 42.5 Å². The third-order valence-corrected chi connectivity index (χ3v) is 3.35. The summed E-state index contributed by atoms with van der Waals surface area (Å²) in [7, 11) is 0. The maximum absolute atomic E-state index is 11.2. The van der Waals surface area contributed by atoms with Crippen molar-refractivity contribution in [2.45, 2.75) is 19.9 Å². The molecule has 0 heterocycles. The number of hydrogen-bond acceptors (Lipinski definition) is 4. The highest BCUT2D eigenvalue weighted by Gasteiger charge is 2.03. The summed E-state index contributed by atoms with van der Waals surface area (Å²) in [5, 5.41) is 3.43. The van der Waals surface area contributed by atoms with E-state index in [0.29, 0.717) is 12.4 Å². The highest BCUT2D eigenvalue weighted by Crippen LogP contribution is 2.12. The van der Waals surface area contributed by atoms with E-state index >= 15 is 0 Å². The van der Waals surface area contributed by atoms with Crippen molar-refractivity contribution in [3.8, 4) is 5.75 Å². The Kier molecular flexibility index (Phi) is 7.14. The number of carbonyl (C=O) groups is 1. The summed E-state index contributed by atoms with van der Waals surface area (Å²) in [6.45, 7) is 3.89. The highest BCUT2D eigenvalue weighted by molar-refractivity contribution is 5.71. The number of rotatable bonds is 9. The van der Waals surface area contributed by atoms with Gasteiger partial charge < -0.3 is 14.8 Å². The molecule has 4 heteroatoms. The molecule has 122 valence electrons. The van der Waals surface area contributed by atoms with Crippen molar-refractivity contribution in [2.24, 2.45) is 0 Å². The smallest absolute Gasteiger partial charge is 0.344 e. The molecule has 0 bridgehead atoms. The molecule has 0 radical (unpaired) electrons. The van der Waals surface area contributed by atoms with Crippen LogP contribution in [0.5, 0.6) is 5.75 Å². The lowest BCUT2D eigenvalue weighted by Gasteiger charge is -2.08. The topological polar surface area (TPSA) is 47.6 Å². The normalized spacial score (nSPS) is 10.3. The maximum atomic E-state index is 11.2. The number of carbonyl (C=O) groups excluding carboxylic acids is 1. The Labute approximate surface area is 137 Å². The Balaban J connectivity index is 1.67. The summed E-state index contributed by atoms with van der Waals surface area (Å²) >= 11 is 0. The van der Waals surface area contributed by atoms with Crippen molar-refractivity contribution in [1.29, 1.82) is 0 Å². The number of ether oxygens (including phenoxy) is 2. The van der Waals surface area contributed by atoms with Gasteiger partial charge in [-0.3, -0.25) is 0 Å². The molecule has 0 unspecified atom stereocenters. The van der Waals surface area contributed by atoms with Crippen molar-refractivity contribution >= 4 is 5.97 Å². The quantitative estimate of drug-likeness (QED) is 0.571. The van der Waals surface area contributed by atoms with Gasteiger partial charge in [0.05, 0.1) is 6.61 Å². The van der Waals surface area contributed by atoms with Gasteiger partial charge in [0.25, 0.3) is 0 Å². The van der Waals surface area contributed by atoms with Crippen LogP contribution >= 0.6 is 0 Å². The first kappa shape index (κ1) is 17.0. The van der Waals surface area contributed by atoms with E-state index in [0.717, 1.165) is 19.5 Å². The van der Waals surface area contributed by atoms with Crippen LogP contribution < -0.4 is 10.1 Å². The Morgan fingerprint density at radius 1 is 1.00 bits per heavy atom. The van der Waals surface area contributed by atoms with Crippen LogP contribution in [0.4, 0.5) is 0 Å². The molecule has 0 fully saturated rings. The van der Waals surface area contributed by atoms with Gasteiger partial charge in [0.15, 0.2) is 6.61 Å². The molecule has 0 atom stereocenters. The number of nitrogens with one attached hydrogen (secondary N) is 1. The fourth-order valence-electron chi connectivity index (χ4n) is 2.16. The van der Waals surface area contributed by atoms with Gasteiger partial charge in [-0.1, -0.05) is 42.5 Å². The summed E-state index contributed by atoms with van der Waals surface area (Å²) in [5.41, 5.74) is 2.52. The largest absolute Gasteiger partial charge is 0.482 e. The number of esters is 1. The first-order valence-corrected chi connectivity index (χ1v) is 7.90. The lowest BCUT2D eigenvalue weighted by molar-refractivity contribution is -0.145. The van der Waals surface area contributed by atoms with Gasteiger partial charge >= 0.3 is 5.97 Å². The molecule has 0 aromatic heterocycles. The minimum atomic E-state index is -0.346. The van der Waals surface area contributed by atoms with Gasteiger partial charge in [-0.2, -0.15) is 0 Å². The van der Waals surface area contributed by atoms with Gasteiger partial charge in [0.1, 0.15) is 5.75 Å². The van der Waals surface area contributed by atoms with E-state index in [1.165, 1.54) is 11.1 Å². The molecule has 2 rings (SSSR count). The Morgan fingerprint density at radius 2 is 1.74 bits per heavy atom. The lowest BCUT2D eigenvalue weighted by Crippen LogP contribution is -2.16. The molecule has 2 aromatic rings. The standard InChI is InChI=1S/C19H23NO3/c1-2-22-19(21)15-23-18-10-8-16(9-11-18)12-13-20-14-17-6-4-3-5-7-17/h3-11,20H,2,12-15H2,1H3. The van der Waals surface area contributed by atoms with Crippen molar-refractivity contribution < 1.29 is 14.3 Å². The molecule has 0 aliphatic rings. The molecular formula is C19H23NO3. The molecule has 0 aliphatic carbocycles. The minimum absolute atomic E-state index is 0.0498. The van der Waals surface area contributed by atoms with Gasteiger partial charge in [0, 0.05) is 6.54 Å². The third-order valence-electron chi connectivity index (χ3n) is 3.35. The summed E-state index contributed by atoms with van der Waals surface area (Å²) in [6.07, 6.45) is 0.949. The predicted molar refractivity (Wildman–Crippen MR) is 90.4 cm³/mol. The average molecular weight is 313 g/mol. The predicted octanol–water partition coefficient (Wildman–Crippen LogP) is 2.96. The summed E-state index contributed by atoms with van der Waals surface area (Å²) in [5.74, 6) is 0.334. The van der Waals surface area contributed by atoms with Crippen LogP contribution in [0.1, 0.15) is 18.1 Å². The molecule has 0 saturated carbocycles. The molecule has 23 heavy (non-hydrogen) atoms. The maximum Gasteiger partial charge on any atom is 0.344 e. The van der Waals surface area contributed by atoms with Crippen LogP contribution in [0.25, 0.3) is 0 Å². The fraction of sp³-hybridized carbons (Fsp3) is 0.316. The number of benzene rings is 2. The van der Waals surface area contributed by atoms with Gasteiger partial charge in [-0.15, -0.1) is 0 Å². The SMILES string of the molecule is CCOC(=O)COc1ccc(CCNCc2ccccc2)cc1. The van der Waals surface area contributed by atoms with Crippen LogP contribution in [-0.4, -0.2) is 25.7 Å². The average Bonchev–Trinajstić information content (AvgIpc) is 2.59. The Hall–Kier alpha value is -2.33. The lowest BCUT2D eigenvalue weighted by atomic mass is 10.1.